The standard InChI is InChI=1S/C18H23N3S.HI/c1-2-19-17(20-12-15-8-11-22-13-15)21-14-18(9-10-18)16-6-4-3-5-7-16;/h3-8,11,13H,2,9-10,12,14H2,1H3,(H2,19,20,21);1H. The molecule has 1 saturated carbocycles. The highest BCUT2D eigenvalue weighted by molar-refractivity contribution is 14.0. The van der Waals surface area contributed by atoms with Gasteiger partial charge in [-0.25, -0.2) is 4.99 Å². The Bertz CT molecular complexity index is 606. The number of thiophene rings is 1. The van der Waals surface area contributed by atoms with Gasteiger partial charge in [0, 0.05) is 18.5 Å². The van der Waals surface area contributed by atoms with E-state index in [1.807, 2.05) is 0 Å². The van der Waals surface area contributed by atoms with Crippen molar-refractivity contribution in [3.05, 3.63) is 58.3 Å². The van der Waals surface area contributed by atoms with Crippen molar-refractivity contribution in [2.24, 2.45) is 4.99 Å². The van der Waals surface area contributed by atoms with Crippen LogP contribution in [0.1, 0.15) is 30.9 Å². The van der Waals surface area contributed by atoms with Gasteiger partial charge in [0.25, 0.3) is 0 Å². The maximum Gasteiger partial charge on any atom is 0.191 e. The number of rotatable bonds is 6. The van der Waals surface area contributed by atoms with E-state index in [9.17, 15) is 0 Å². The van der Waals surface area contributed by atoms with Crippen molar-refractivity contribution in [3.8, 4) is 0 Å². The molecular formula is C18H24IN3S. The van der Waals surface area contributed by atoms with Crippen LogP contribution in [0, 0.1) is 0 Å². The minimum absolute atomic E-state index is 0. The molecule has 1 heterocycles. The first-order chi connectivity index (χ1) is 10.8. The van der Waals surface area contributed by atoms with Gasteiger partial charge in [-0.05, 0) is 47.7 Å². The number of nitrogens with zero attached hydrogens (tertiary/aromatic N) is 1. The molecule has 1 aromatic carbocycles. The second-order valence-electron chi connectivity index (χ2n) is 5.83. The van der Waals surface area contributed by atoms with E-state index in [1.165, 1.54) is 24.0 Å². The number of nitrogens with one attached hydrogen (secondary N) is 2. The zero-order valence-corrected chi connectivity index (χ0v) is 16.6. The fraction of sp³-hybridized carbons (Fsp3) is 0.389. The number of benzene rings is 1. The predicted octanol–water partition coefficient (Wildman–Crippen LogP) is 4.15. The minimum Gasteiger partial charge on any atom is -0.357 e. The van der Waals surface area contributed by atoms with E-state index < -0.39 is 0 Å². The van der Waals surface area contributed by atoms with Crippen LogP contribution in [-0.4, -0.2) is 19.0 Å². The maximum absolute atomic E-state index is 4.68. The molecule has 124 valence electrons. The highest BCUT2D eigenvalue weighted by Crippen LogP contribution is 2.47. The largest absolute Gasteiger partial charge is 0.357 e. The molecule has 0 radical (unpaired) electrons. The van der Waals surface area contributed by atoms with E-state index in [1.54, 1.807) is 11.3 Å². The lowest BCUT2D eigenvalue weighted by Crippen LogP contribution is -2.41. The number of hydrogen-bond acceptors (Lipinski definition) is 2. The van der Waals surface area contributed by atoms with Crippen LogP contribution in [0.25, 0.3) is 0 Å². The van der Waals surface area contributed by atoms with E-state index in [-0.39, 0.29) is 24.0 Å². The molecule has 1 aromatic heterocycles. The summed E-state index contributed by atoms with van der Waals surface area (Å²) in [6, 6.07) is 13.0. The second-order valence-corrected chi connectivity index (χ2v) is 6.61. The Morgan fingerprint density at radius 1 is 1.17 bits per heavy atom. The molecule has 0 aliphatic heterocycles. The summed E-state index contributed by atoms with van der Waals surface area (Å²) in [5.74, 6) is 0.913. The van der Waals surface area contributed by atoms with Crippen LogP contribution in [0.4, 0.5) is 0 Å². The molecular weight excluding hydrogens is 417 g/mol. The smallest absolute Gasteiger partial charge is 0.191 e. The molecule has 3 rings (SSSR count). The van der Waals surface area contributed by atoms with Crippen LogP contribution in [0.3, 0.4) is 0 Å². The molecule has 0 saturated heterocycles. The normalized spacial score (nSPS) is 15.6. The summed E-state index contributed by atoms with van der Waals surface area (Å²) in [4.78, 5) is 4.68. The van der Waals surface area contributed by atoms with Gasteiger partial charge in [-0.1, -0.05) is 30.3 Å². The van der Waals surface area contributed by atoms with Gasteiger partial charge in [-0.15, -0.1) is 24.0 Å². The quantitative estimate of drug-likeness (QED) is 0.402. The summed E-state index contributed by atoms with van der Waals surface area (Å²) in [5.41, 5.74) is 3.02. The second kappa shape index (κ2) is 8.68. The predicted molar refractivity (Wildman–Crippen MR) is 110 cm³/mol. The third-order valence-corrected chi connectivity index (χ3v) is 4.91. The Morgan fingerprint density at radius 2 is 1.96 bits per heavy atom. The maximum atomic E-state index is 4.68. The lowest BCUT2D eigenvalue weighted by atomic mass is 9.96. The van der Waals surface area contributed by atoms with Crippen LogP contribution < -0.4 is 10.6 Å². The minimum atomic E-state index is 0. The lowest BCUT2D eigenvalue weighted by molar-refractivity contribution is 0.646. The van der Waals surface area contributed by atoms with Gasteiger partial charge in [0.05, 0.1) is 6.54 Å². The fourth-order valence-electron chi connectivity index (χ4n) is 2.66. The van der Waals surface area contributed by atoms with Gasteiger partial charge in [-0.3, -0.25) is 0 Å². The molecule has 0 bridgehead atoms. The molecule has 0 spiro atoms. The summed E-state index contributed by atoms with van der Waals surface area (Å²) in [7, 11) is 0. The zero-order chi connectivity index (χ0) is 15.3. The van der Waals surface area contributed by atoms with E-state index in [0.29, 0.717) is 5.41 Å². The van der Waals surface area contributed by atoms with Crippen molar-refractivity contribution >= 4 is 41.3 Å². The Morgan fingerprint density at radius 3 is 2.57 bits per heavy atom. The number of halogens is 1. The Balaban J connectivity index is 0.00000192. The van der Waals surface area contributed by atoms with Crippen LogP contribution in [0.2, 0.25) is 0 Å². The van der Waals surface area contributed by atoms with Gasteiger partial charge in [-0.2, -0.15) is 11.3 Å². The van der Waals surface area contributed by atoms with Crippen LogP contribution in [0.15, 0.2) is 52.2 Å². The molecule has 1 aliphatic carbocycles. The van der Waals surface area contributed by atoms with Gasteiger partial charge < -0.3 is 10.6 Å². The topological polar surface area (TPSA) is 36.4 Å². The molecule has 2 aromatic rings. The third kappa shape index (κ3) is 4.94. The first kappa shape index (κ1) is 18.3. The highest BCUT2D eigenvalue weighted by atomic mass is 127. The molecule has 1 fully saturated rings. The highest BCUT2D eigenvalue weighted by Gasteiger charge is 2.43. The number of hydrogen-bond donors (Lipinski definition) is 2. The Labute approximate surface area is 159 Å². The molecule has 1 aliphatic rings. The molecule has 23 heavy (non-hydrogen) atoms. The van der Waals surface area contributed by atoms with Crippen molar-refractivity contribution in [3.63, 3.8) is 0 Å². The molecule has 5 heteroatoms. The Kier molecular flexibility index (Phi) is 6.89. The molecule has 0 amide bonds. The van der Waals surface area contributed by atoms with Crippen molar-refractivity contribution in [2.75, 3.05) is 13.1 Å². The monoisotopic (exact) mass is 441 g/mol. The fourth-order valence-corrected chi connectivity index (χ4v) is 3.32. The van der Waals surface area contributed by atoms with E-state index in [0.717, 1.165) is 25.6 Å². The SMILES string of the molecule is CCNC(=NCc1ccsc1)NCC1(c2ccccc2)CC1.I. The molecule has 3 nitrogen and oxygen atoms in total. The van der Waals surface area contributed by atoms with Gasteiger partial charge in [0.15, 0.2) is 5.96 Å². The summed E-state index contributed by atoms with van der Waals surface area (Å²) in [6.07, 6.45) is 2.52. The first-order valence-electron chi connectivity index (χ1n) is 7.91. The average molecular weight is 441 g/mol. The molecule has 0 unspecified atom stereocenters. The average Bonchev–Trinajstić information content (AvgIpc) is 3.17. The van der Waals surface area contributed by atoms with E-state index in [4.69, 9.17) is 0 Å². The van der Waals surface area contributed by atoms with Crippen LogP contribution >= 0.6 is 35.3 Å². The van der Waals surface area contributed by atoms with Crippen LogP contribution in [0.5, 0.6) is 0 Å². The van der Waals surface area contributed by atoms with Crippen molar-refractivity contribution in [1.29, 1.82) is 0 Å². The van der Waals surface area contributed by atoms with Crippen LogP contribution in [-0.2, 0) is 12.0 Å². The summed E-state index contributed by atoms with van der Waals surface area (Å²) in [6.45, 7) is 4.67. The summed E-state index contributed by atoms with van der Waals surface area (Å²) in [5, 5.41) is 11.1. The molecule has 2 N–H and O–H groups in total. The lowest BCUT2D eigenvalue weighted by Gasteiger charge is -2.19. The number of guanidine groups is 1. The van der Waals surface area contributed by atoms with Gasteiger partial charge in [0.1, 0.15) is 0 Å². The molecule has 0 atom stereocenters. The zero-order valence-electron chi connectivity index (χ0n) is 13.4. The van der Waals surface area contributed by atoms with E-state index >= 15 is 0 Å². The van der Waals surface area contributed by atoms with Crippen molar-refractivity contribution in [2.45, 2.75) is 31.7 Å². The summed E-state index contributed by atoms with van der Waals surface area (Å²) < 4.78 is 0. The first-order valence-corrected chi connectivity index (χ1v) is 8.85. The van der Waals surface area contributed by atoms with Gasteiger partial charge >= 0.3 is 0 Å². The van der Waals surface area contributed by atoms with Crippen molar-refractivity contribution < 1.29 is 0 Å². The van der Waals surface area contributed by atoms with Crippen molar-refractivity contribution in [1.82, 2.24) is 10.6 Å². The summed E-state index contributed by atoms with van der Waals surface area (Å²) >= 11 is 1.72. The van der Waals surface area contributed by atoms with Gasteiger partial charge in [0.2, 0.25) is 0 Å². The Hall–Kier alpha value is -1.08. The van der Waals surface area contributed by atoms with E-state index in [2.05, 4.69) is 69.7 Å². The third-order valence-electron chi connectivity index (χ3n) is 4.18. The number of aliphatic imine (C=N–C) groups is 1.